The Morgan fingerprint density at radius 1 is 1.09 bits per heavy atom. The van der Waals surface area contributed by atoms with E-state index in [0.717, 1.165) is 12.8 Å². The summed E-state index contributed by atoms with van der Waals surface area (Å²) >= 11 is 0. The fourth-order valence-electron chi connectivity index (χ4n) is 5.59. The van der Waals surface area contributed by atoms with E-state index in [2.05, 4.69) is 30.7 Å². The minimum atomic E-state index is -0.691. The fourth-order valence-corrected chi connectivity index (χ4v) is 5.59. The summed E-state index contributed by atoms with van der Waals surface area (Å²) in [6, 6.07) is 11.7. The van der Waals surface area contributed by atoms with Crippen LogP contribution >= 0.6 is 0 Å². The summed E-state index contributed by atoms with van der Waals surface area (Å²) in [5.41, 5.74) is 2.03. The molecule has 1 atom stereocenters. The lowest BCUT2D eigenvalue weighted by Gasteiger charge is -2.36. The monoisotopic (exact) mass is 614 g/mol. The highest BCUT2D eigenvalue weighted by molar-refractivity contribution is 6.09. The molecular weight excluding hydrogens is 582 g/mol. The first kappa shape index (κ1) is 29.9. The van der Waals surface area contributed by atoms with E-state index in [9.17, 15) is 18.4 Å². The van der Waals surface area contributed by atoms with E-state index in [-0.39, 0.29) is 17.3 Å². The highest BCUT2D eigenvalue weighted by Gasteiger charge is 2.29. The van der Waals surface area contributed by atoms with Gasteiger partial charge < -0.3 is 24.8 Å². The number of rotatable bonds is 5. The number of carbonyl (C=O) groups is 2. The van der Waals surface area contributed by atoms with Gasteiger partial charge in [0.1, 0.15) is 22.9 Å². The lowest BCUT2D eigenvalue weighted by molar-refractivity contribution is 0.0500. The van der Waals surface area contributed by atoms with Gasteiger partial charge in [0.05, 0.1) is 39.7 Å². The van der Waals surface area contributed by atoms with Crippen LogP contribution in [0.15, 0.2) is 59.3 Å². The van der Waals surface area contributed by atoms with E-state index in [4.69, 9.17) is 9.26 Å². The number of benzene rings is 2. The van der Waals surface area contributed by atoms with Crippen molar-refractivity contribution in [2.45, 2.75) is 52.2 Å². The number of halogens is 2. The Morgan fingerprint density at radius 3 is 2.60 bits per heavy atom. The van der Waals surface area contributed by atoms with Gasteiger partial charge in [-0.2, -0.15) is 0 Å². The van der Waals surface area contributed by atoms with Crippen molar-refractivity contribution >= 4 is 45.4 Å². The number of anilines is 2. The summed E-state index contributed by atoms with van der Waals surface area (Å²) in [6.07, 6.45) is 2.55. The molecule has 2 amide bonds. The molecule has 0 bridgehead atoms. The van der Waals surface area contributed by atoms with E-state index in [1.54, 1.807) is 37.3 Å². The number of aryl methyl sites for hydroxylation is 1. The molecule has 45 heavy (non-hydrogen) atoms. The van der Waals surface area contributed by atoms with Crippen LogP contribution in [0.2, 0.25) is 0 Å². The standard InChI is InChI=1S/C33H32F2N6O4/c1-18-27-29(41-14-6-7-21(17-41)37-32(43)44-33(2,3)4)26(16-36-31(27)45-40-18)39-30(42)24-13-12-19-10-11-20(15-25(19)38-24)28-22(34)8-5-9-23(28)35/h5,8-13,15-16,21H,6-7,14,17H2,1-4H3,(H,37,43)(H,39,42)/t21-/m0/s1. The molecular formula is C33H32F2N6O4. The van der Waals surface area contributed by atoms with E-state index in [0.29, 0.717) is 57.7 Å². The zero-order valence-corrected chi connectivity index (χ0v) is 25.3. The summed E-state index contributed by atoms with van der Waals surface area (Å²) in [5, 5.41) is 11.3. The van der Waals surface area contributed by atoms with Gasteiger partial charge in [0, 0.05) is 24.5 Å². The molecule has 12 heteroatoms. The van der Waals surface area contributed by atoms with Crippen molar-refractivity contribution in [2.24, 2.45) is 0 Å². The van der Waals surface area contributed by atoms with Crippen molar-refractivity contribution in [3.63, 3.8) is 0 Å². The molecule has 232 valence electrons. The molecule has 0 spiro atoms. The van der Waals surface area contributed by atoms with Crippen molar-refractivity contribution in [2.75, 3.05) is 23.3 Å². The predicted molar refractivity (Wildman–Crippen MR) is 166 cm³/mol. The quantitative estimate of drug-likeness (QED) is 0.222. The Kier molecular flexibility index (Phi) is 7.81. The largest absolute Gasteiger partial charge is 0.444 e. The second-order valence-corrected chi connectivity index (χ2v) is 12.1. The third kappa shape index (κ3) is 6.26. The summed E-state index contributed by atoms with van der Waals surface area (Å²) in [4.78, 5) is 37.1. The smallest absolute Gasteiger partial charge is 0.407 e. The highest BCUT2D eigenvalue weighted by atomic mass is 19.1. The fraction of sp³-hybridized carbons (Fsp3) is 0.303. The van der Waals surface area contributed by atoms with Gasteiger partial charge in [0.2, 0.25) is 0 Å². The Hall–Kier alpha value is -5.13. The van der Waals surface area contributed by atoms with Crippen LogP contribution in [0.1, 0.15) is 49.8 Å². The molecule has 5 aromatic rings. The molecule has 1 aliphatic heterocycles. The van der Waals surface area contributed by atoms with Gasteiger partial charge in [-0.25, -0.2) is 23.5 Å². The van der Waals surface area contributed by atoms with Crippen LogP contribution in [0.4, 0.5) is 25.0 Å². The Balaban J connectivity index is 1.30. The first-order valence-electron chi connectivity index (χ1n) is 14.6. The Morgan fingerprint density at radius 2 is 1.84 bits per heavy atom. The van der Waals surface area contributed by atoms with Crippen LogP contribution in [0.3, 0.4) is 0 Å². The maximum Gasteiger partial charge on any atom is 0.407 e. The number of amides is 2. The van der Waals surface area contributed by atoms with Crippen LogP contribution in [-0.2, 0) is 4.74 Å². The molecule has 2 aromatic carbocycles. The van der Waals surface area contributed by atoms with Gasteiger partial charge in [0.25, 0.3) is 11.6 Å². The number of nitrogens with zero attached hydrogens (tertiary/aromatic N) is 4. The van der Waals surface area contributed by atoms with Crippen LogP contribution in [0, 0.1) is 18.6 Å². The predicted octanol–water partition coefficient (Wildman–Crippen LogP) is 6.77. The molecule has 1 saturated heterocycles. The first-order chi connectivity index (χ1) is 21.5. The van der Waals surface area contributed by atoms with E-state index in [1.165, 1.54) is 24.4 Å². The summed E-state index contributed by atoms with van der Waals surface area (Å²) in [6.45, 7) is 8.33. The van der Waals surface area contributed by atoms with Crippen LogP contribution in [0.5, 0.6) is 0 Å². The molecule has 0 unspecified atom stereocenters. The summed E-state index contributed by atoms with van der Waals surface area (Å²) in [5.74, 6) is -1.88. The highest BCUT2D eigenvalue weighted by Crippen LogP contribution is 2.37. The van der Waals surface area contributed by atoms with Crippen molar-refractivity contribution in [1.29, 1.82) is 0 Å². The van der Waals surface area contributed by atoms with Gasteiger partial charge in [0.15, 0.2) is 0 Å². The third-order valence-electron chi connectivity index (χ3n) is 7.53. The first-order valence-corrected chi connectivity index (χ1v) is 14.6. The maximum atomic E-state index is 14.5. The molecule has 1 aliphatic rings. The third-order valence-corrected chi connectivity index (χ3v) is 7.53. The maximum absolute atomic E-state index is 14.5. The van der Waals surface area contributed by atoms with Gasteiger partial charge in [-0.1, -0.05) is 29.4 Å². The molecule has 0 radical (unpaired) electrons. The summed E-state index contributed by atoms with van der Waals surface area (Å²) in [7, 11) is 0. The molecule has 6 rings (SSSR count). The number of alkyl carbamates (subject to hydrolysis) is 1. The normalized spacial score (nSPS) is 15.3. The minimum absolute atomic E-state index is 0.102. The van der Waals surface area contributed by atoms with Gasteiger partial charge in [-0.3, -0.25) is 4.79 Å². The van der Waals surface area contributed by atoms with E-state index in [1.807, 2.05) is 20.8 Å². The molecule has 4 heterocycles. The lowest BCUT2D eigenvalue weighted by atomic mass is 10.0. The van der Waals surface area contributed by atoms with Crippen molar-refractivity contribution < 1.29 is 27.6 Å². The molecule has 10 nitrogen and oxygen atoms in total. The molecule has 3 aromatic heterocycles. The number of hydrogen-bond acceptors (Lipinski definition) is 8. The molecule has 1 fully saturated rings. The van der Waals surface area contributed by atoms with Crippen molar-refractivity contribution in [3.05, 3.63) is 77.8 Å². The SMILES string of the molecule is Cc1noc2ncc(NC(=O)c3ccc4ccc(-c5c(F)cccc5F)cc4n3)c(N3CCC[C@H](NC(=O)OC(C)(C)C)C3)c12. The molecule has 0 aliphatic carbocycles. The van der Waals surface area contributed by atoms with Gasteiger partial charge in [-0.05, 0) is 70.4 Å². The van der Waals surface area contributed by atoms with E-state index >= 15 is 0 Å². The number of piperidine rings is 1. The van der Waals surface area contributed by atoms with Crippen LogP contribution in [-0.4, -0.2) is 51.9 Å². The van der Waals surface area contributed by atoms with Gasteiger partial charge >= 0.3 is 6.09 Å². The lowest BCUT2D eigenvalue weighted by Crippen LogP contribution is -2.49. The molecule has 2 N–H and O–H groups in total. The topological polar surface area (TPSA) is 122 Å². The minimum Gasteiger partial charge on any atom is -0.444 e. The van der Waals surface area contributed by atoms with Crippen LogP contribution < -0.4 is 15.5 Å². The number of hydrogen-bond donors (Lipinski definition) is 2. The number of aromatic nitrogens is 3. The van der Waals surface area contributed by atoms with Crippen molar-refractivity contribution in [1.82, 2.24) is 20.4 Å². The average molecular weight is 615 g/mol. The average Bonchev–Trinajstić information content (AvgIpc) is 3.36. The van der Waals surface area contributed by atoms with Crippen molar-refractivity contribution in [3.8, 4) is 11.1 Å². The van der Waals surface area contributed by atoms with E-state index < -0.39 is 29.2 Å². The number of ether oxygens (including phenoxy) is 1. The van der Waals surface area contributed by atoms with Gasteiger partial charge in [-0.15, -0.1) is 0 Å². The number of pyridine rings is 2. The van der Waals surface area contributed by atoms with Crippen LogP contribution in [0.25, 0.3) is 33.1 Å². The Labute approximate surface area is 257 Å². The zero-order chi connectivity index (χ0) is 31.9. The Bertz CT molecular complexity index is 1920. The number of fused-ring (bicyclic) bond motifs is 2. The zero-order valence-electron chi connectivity index (χ0n) is 25.3. The second kappa shape index (κ2) is 11.8. The molecule has 0 saturated carbocycles. The number of nitrogens with one attached hydrogen (secondary N) is 2. The second-order valence-electron chi connectivity index (χ2n) is 12.1. The summed E-state index contributed by atoms with van der Waals surface area (Å²) < 4.78 is 39.8. The number of carbonyl (C=O) groups excluding carboxylic acids is 2.